The summed E-state index contributed by atoms with van der Waals surface area (Å²) in [6, 6.07) is 11.6. The lowest BCUT2D eigenvalue weighted by molar-refractivity contribution is 0.0860. The van der Waals surface area contributed by atoms with Crippen LogP contribution >= 0.6 is 11.8 Å². The van der Waals surface area contributed by atoms with Gasteiger partial charge in [0.05, 0.1) is 19.8 Å². The maximum atomic E-state index is 13.0. The van der Waals surface area contributed by atoms with E-state index >= 15 is 0 Å². The highest BCUT2D eigenvalue weighted by atomic mass is 32.2. The van der Waals surface area contributed by atoms with Gasteiger partial charge < -0.3 is 9.47 Å². The molecular formula is C21H23FN2O3S. The Kier molecular flexibility index (Phi) is 6.92. The zero-order valence-electron chi connectivity index (χ0n) is 16.0. The van der Waals surface area contributed by atoms with Gasteiger partial charge >= 0.3 is 0 Å². The summed E-state index contributed by atoms with van der Waals surface area (Å²) in [4.78, 5) is 19.2. The van der Waals surface area contributed by atoms with Gasteiger partial charge in [0, 0.05) is 17.9 Å². The first-order chi connectivity index (χ1) is 13.6. The lowest BCUT2D eigenvalue weighted by atomic mass is 10.1. The van der Waals surface area contributed by atoms with Crippen LogP contribution in [0.3, 0.4) is 0 Å². The number of carbonyl (C=O) groups excluding carboxylic acids is 1. The van der Waals surface area contributed by atoms with Crippen molar-refractivity contribution < 1.29 is 18.7 Å². The van der Waals surface area contributed by atoms with Crippen molar-refractivity contribution in [3.8, 4) is 11.5 Å². The van der Waals surface area contributed by atoms with Crippen LogP contribution in [-0.4, -0.2) is 42.3 Å². The third-order valence-corrected chi connectivity index (χ3v) is 5.20. The van der Waals surface area contributed by atoms with E-state index in [1.807, 2.05) is 13.8 Å². The van der Waals surface area contributed by atoms with Crippen molar-refractivity contribution in [2.75, 3.05) is 26.3 Å². The fourth-order valence-corrected chi connectivity index (χ4v) is 3.81. The second kappa shape index (κ2) is 9.59. The molecular weight excluding hydrogens is 379 g/mol. The molecule has 0 radical (unpaired) electrons. The van der Waals surface area contributed by atoms with Crippen molar-refractivity contribution >= 4 is 22.8 Å². The molecule has 2 aromatic carbocycles. The fraction of sp³-hybridized carbons (Fsp3) is 0.333. The molecule has 1 aliphatic rings. The van der Waals surface area contributed by atoms with E-state index in [1.165, 1.54) is 23.9 Å². The molecule has 0 N–H and O–H groups in total. The number of nitrogens with zero attached hydrogens (tertiary/aromatic N) is 2. The summed E-state index contributed by atoms with van der Waals surface area (Å²) in [6.07, 6.45) is 0. The molecule has 2 aromatic rings. The maximum Gasteiger partial charge on any atom is 0.260 e. The number of rotatable bonds is 7. The highest BCUT2D eigenvalue weighted by Crippen LogP contribution is 2.30. The van der Waals surface area contributed by atoms with Gasteiger partial charge in [-0.3, -0.25) is 14.7 Å². The van der Waals surface area contributed by atoms with Crippen LogP contribution in [0.2, 0.25) is 0 Å². The van der Waals surface area contributed by atoms with Crippen LogP contribution in [0.25, 0.3) is 0 Å². The minimum atomic E-state index is -0.260. The van der Waals surface area contributed by atoms with Crippen LogP contribution < -0.4 is 9.47 Å². The van der Waals surface area contributed by atoms with Crippen LogP contribution in [0.4, 0.5) is 4.39 Å². The number of amides is 1. The number of hydrogen-bond donors (Lipinski definition) is 0. The quantitative estimate of drug-likeness (QED) is 0.690. The predicted molar refractivity (Wildman–Crippen MR) is 110 cm³/mol. The van der Waals surface area contributed by atoms with Gasteiger partial charge in [0.2, 0.25) is 0 Å². The highest BCUT2D eigenvalue weighted by molar-refractivity contribution is 8.13. The molecule has 0 fully saturated rings. The summed E-state index contributed by atoms with van der Waals surface area (Å²) in [5.74, 6) is 1.43. The van der Waals surface area contributed by atoms with Crippen LogP contribution in [0, 0.1) is 5.82 Å². The van der Waals surface area contributed by atoms with Gasteiger partial charge in [-0.2, -0.15) is 0 Å². The lowest BCUT2D eigenvalue weighted by Crippen LogP contribution is -2.32. The monoisotopic (exact) mass is 402 g/mol. The predicted octanol–water partition coefficient (Wildman–Crippen LogP) is 4.37. The van der Waals surface area contributed by atoms with E-state index in [0.29, 0.717) is 54.3 Å². The summed E-state index contributed by atoms with van der Waals surface area (Å²) >= 11 is 1.48. The molecule has 0 aromatic heterocycles. The molecule has 28 heavy (non-hydrogen) atoms. The number of benzene rings is 2. The van der Waals surface area contributed by atoms with E-state index in [4.69, 9.17) is 9.47 Å². The van der Waals surface area contributed by atoms with E-state index in [-0.39, 0.29) is 11.7 Å². The molecule has 5 nitrogen and oxygen atoms in total. The Bertz CT molecular complexity index is 855. The lowest BCUT2D eigenvalue weighted by Gasteiger charge is -2.19. The maximum absolute atomic E-state index is 13.0. The molecule has 0 spiro atoms. The van der Waals surface area contributed by atoms with Gasteiger partial charge in [-0.25, -0.2) is 4.39 Å². The van der Waals surface area contributed by atoms with Crippen LogP contribution in [-0.2, 0) is 5.75 Å². The van der Waals surface area contributed by atoms with Crippen molar-refractivity contribution in [3.63, 3.8) is 0 Å². The molecule has 0 saturated heterocycles. The largest absolute Gasteiger partial charge is 0.490 e. The van der Waals surface area contributed by atoms with E-state index in [2.05, 4.69) is 4.99 Å². The van der Waals surface area contributed by atoms with Gasteiger partial charge in [-0.15, -0.1) is 0 Å². The van der Waals surface area contributed by atoms with Crippen molar-refractivity contribution in [3.05, 3.63) is 59.4 Å². The first-order valence-electron chi connectivity index (χ1n) is 9.25. The van der Waals surface area contributed by atoms with Crippen molar-refractivity contribution in [1.29, 1.82) is 0 Å². The summed E-state index contributed by atoms with van der Waals surface area (Å²) in [5.41, 5.74) is 1.51. The van der Waals surface area contributed by atoms with E-state index < -0.39 is 0 Å². The Labute approximate surface area is 168 Å². The molecule has 0 bridgehead atoms. The first kappa shape index (κ1) is 20.2. The van der Waals surface area contributed by atoms with Crippen LogP contribution in [0.15, 0.2) is 47.5 Å². The second-order valence-corrected chi connectivity index (χ2v) is 7.01. The molecule has 0 atom stereocenters. The fourth-order valence-electron chi connectivity index (χ4n) is 2.81. The van der Waals surface area contributed by atoms with E-state index in [1.54, 1.807) is 35.2 Å². The average molecular weight is 402 g/mol. The van der Waals surface area contributed by atoms with Crippen molar-refractivity contribution in [2.24, 2.45) is 4.99 Å². The third-order valence-electron chi connectivity index (χ3n) is 4.12. The Hall–Kier alpha value is -2.54. The summed E-state index contributed by atoms with van der Waals surface area (Å²) in [6.45, 7) is 5.92. The molecule has 1 heterocycles. The van der Waals surface area contributed by atoms with Gasteiger partial charge in [0.25, 0.3) is 5.91 Å². The second-order valence-electron chi connectivity index (χ2n) is 6.06. The number of amidine groups is 1. The van der Waals surface area contributed by atoms with Gasteiger partial charge in [-0.1, -0.05) is 23.9 Å². The zero-order valence-corrected chi connectivity index (χ0v) is 16.8. The summed E-state index contributed by atoms with van der Waals surface area (Å²) in [5, 5.41) is 0.682. The number of halogens is 1. The smallest absolute Gasteiger partial charge is 0.260 e. The molecule has 7 heteroatoms. The topological polar surface area (TPSA) is 51.1 Å². The minimum Gasteiger partial charge on any atom is -0.490 e. The summed E-state index contributed by atoms with van der Waals surface area (Å²) < 4.78 is 24.2. The van der Waals surface area contributed by atoms with Gasteiger partial charge in [0.15, 0.2) is 16.7 Å². The normalized spacial score (nSPS) is 13.4. The Morgan fingerprint density at radius 2 is 1.82 bits per heavy atom. The summed E-state index contributed by atoms with van der Waals surface area (Å²) in [7, 11) is 0. The van der Waals surface area contributed by atoms with Crippen LogP contribution in [0.5, 0.6) is 11.5 Å². The first-order valence-corrected chi connectivity index (χ1v) is 10.2. The number of aliphatic imine (C=N–C) groups is 1. The minimum absolute atomic E-state index is 0.119. The van der Waals surface area contributed by atoms with Crippen molar-refractivity contribution in [1.82, 2.24) is 4.90 Å². The van der Waals surface area contributed by atoms with Crippen molar-refractivity contribution in [2.45, 2.75) is 19.6 Å². The molecule has 0 aliphatic carbocycles. The Balaban J connectivity index is 1.71. The van der Waals surface area contributed by atoms with Crippen LogP contribution in [0.1, 0.15) is 29.8 Å². The number of ether oxygens (including phenoxy) is 2. The molecule has 148 valence electrons. The zero-order chi connectivity index (χ0) is 19.9. The average Bonchev–Trinajstić information content (AvgIpc) is 3.17. The molecule has 0 unspecified atom stereocenters. The standard InChI is InChI=1S/C21H23FN2O3S/c1-3-26-18-10-7-16(13-19(18)27-4-2)20(25)24-12-11-23-21(24)28-14-15-5-8-17(22)9-6-15/h5-10,13H,3-4,11-12,14H2,1-2H3. The Morgan fingerprint density at radius 1 is 1.11 bits per heavy atom. The molecule has 0 saturated carbocycles. The molecule has 3 rings (SSSR count). The number of hydrogen-bond acceptors (Lipinski definition) is 5. The van der Waals surface area contributed by atoms with Gasteiger partial charge in [0.1, 0.15) is 5.82 Å². The van der Waals surface area contributed by atoms with E-state index in [0.717, 1.165) is 5.56 Å². The number of thioether (sulfide) groups is 1. The molecule has 1 amide bonds. The Morgan fingerprint density at radius 3 is 2.54 bits per heavy atom. The SMILES string of the molecule is CCOc1ccc(C(=O)N2CCN=C2SCc2ccc(F)cc2)cc1OCC. The third kappa shape index (κ3) is 4.84. The molecule has 1 aliphatic heterocycles. The van der Waals surface area contributed by atoms with Gasteiger partial charge in [-0.05, 0) is 49.7 Å². The van der Waals surface area contributed by atoms with E-state index in [9.17, 15) is 9.18 Å². The number of carbonyl (C=O) groups is 1. The highest BCUT2D eigenvalue weighted by Gasteiger charge is 2.26.